The molecule has 2 rings (SSSR count). The average Bonchev–Trinajstić information content (AvgIpc) is 3.07. The van der Waals surface area contributed by atoms with E-state index in [1.54, 1.807) is 13.2 Å². The van der Waals surface area contributed by atoms with Crippen LogP contribution in [0, 0.1) is 0 Å². The maximum atomic E-state index is 12.7. The van der Waals surface area contributed by atoms with Gasteiger partial charge in [-0.3, -0.25) is 4.79 Å². The lowest BCUT2D eigenvalue weighted by Crippen LogP contribution is -2.42. The van der Waals surface area contributed by atoms with Crippen molar-refractivity contribution in [3.63, 3.8) is 0 Å². The third-order valence-electron chi connectivity index (χ3n) is 4.50. The first-order valence-corrected chi connectivity index (χ1v) is 9.27. The van der Waals surface area contributed by atoms with E-state index < -0.39 is 0 Å². The second kappa shape index (κ2) is 8.93. The van der Waals surface area contributed by atoms with Gasteiger partial charge in [-0.05, 0) is 64.3 Å². The topological polar surface area (TPSA) is 38.8 Å². The molecule has 1 aliphatic carbocycles. The summed E-state index contributed by atoms with van der Waals surface area (Å²) in [4.78, 5) is 14.7. The molecule has 1 aromatic rings. The fraction of sp³-hybridized carbons (Fsp3) is 0.571. The maximum Gasteiger partial charge on any atom is 0.247 e. The van der Waals surface area contributed by atoms with Gasteiger partial charge >= 0.3 is 0 Å². The Labute approximate surface area is 151 Å². The van der Waals surface area contributed by atoms with Gasteiger partial charge in [-0.15, -0.1) is 0 Å². The second-order valence-electron chi connectivity index (χ2n) is 7.19. The molecule has 0 atom stereocenters. The molecule has 0 N–H and O–H groups in total. The number of hydrogen-bond acceptors (Lipinski definition) is 3. The second-order valence-corrected chi connectivity index (χ2v) is 7.19. The molecule has 0 heterocycles. The monoisotopic (exact) mass is 345 g/mol. The van der Waals surface area contributed by atoms with Crippen LogP contribution in [0.5, 0.6) is 11.5 Å². The fourth-order valence-electron chi connectivity index (χ4n) is 3.43. The van der Waals surface area contributed by atoms with Crippen LogP contribution in [0.4, 0.5) is 0 Å². The summed E-state index contributed by atoms with van der Waals surface area (Å²) in [5.74, 6) is 1.49. The number of ether oxygens (including phenoxy) is 2. The van der Waals surface area contributed by atoms with Crippen LogP contribution in [0.2, 0.25) is 0 Å². The van der Waals surface area contributed by atoms with Crippen molar-refractivity contribution in [3.8, 4) is 11.5 Å². The Hall–Kier alpha value is -1.97. The Balaban J connectivity index is 2.12. The van der Waals surface area contributed by atoms with E-state index in [0.717, 1.165) is 24.2 Å². The van der Waals surface area contributed by atoms with Gasteiger partial charge in [-0.1, -0.05) is 18.9 Å². The lowest BCUT2D eigenvalue weighted by molar-refractivity contribution is -0.130. The van der Waals surface area contributed by atoms with Crippen LogP contribution >= 0.6 is 0 Å². The number of amides is 1. The molecule has 0 aromatic heterocycles. The van der Waals surface area contributed by atoms with Crippen LogP contribution in [0.15, 0.2) is 24.3 Å². The van der Waals surface area contributed by atoms with Crippen LogP contribution < -0.4 is 9.47 Å². The van der Waals surface area contributed by atoms with E-state index in [1.165, 1.54) is 12.8 Å². The number of nitrogens with zero attached hydrogens (tertiary/aromatic N) is 1. The van der Waals surface area contributed by atoms with E-state index in [1.807, 2.05) is 43.0 Å². The molecule has 25 heavy (non-hydrogen) atoms. The van der Waals surface area contributed by atoms with Gasteiger partial charge < -0.3 is 14.4 Å². The standard InChI is InChI=1S/C21H31NO3/c1-15(2)22(18-8-6-7-9-18)21(23)13-11-17-10-12-19(25-16(3)4)20(14-17)24-5/h10-16,18H,6-9H2,1-5H3/b13-11+. The van der Waals surface area contributed by atoms with Gasteiger partial charge in [0.05, 0.1) is 13.2 Å². The van der Waals surface area contributed by atoms with Crippen molar-refractivity contribution in [1.29, 1.82) is 0 Å². The number of hydrogen-bond donors (Lipinski definition) is 0. The van der Waals surface area contributed by atoms with E-state index in [0.29, 0.717) is 11.8 Å². The van der Waals surface area contributed by atoms with Gasteiger partial charge in [-0.25, -0.2) is 0 Å². The van der Waals surface area contributed by atoms with E-state index in [-0.39, 0.29) is 18.1 Å². The third-order valence-corrected chi connectivity index (χ3v) is 4.50. The highest BCUT2D eigenvalue weighted by molar-refractivity contribution is 5.92. The average molecular weight is 345 g/mol. The minimum absolute atomic E-state index is 0.0860. The molecule has 4 nitrogen and oxygen atoms in total. The van der Waals surface area contributed by atoms with Crippen molar-refractivity contribution in [2.75, 3.05) is 7.11 Å². The largest absolute Gasteiger partial charge is 0.493 e. The maximum absolute atomic E-state index is 12.7. The highest BCUT2D eigenvalue weighted by atomic mass is 16.5. The minimum atomic E-state index is 0.0860. The third kappa shape index (κ3) is 5.25. The summed E-state index contributed by atoms with van der Waals surface area (Å²) in [5.41, 5.74) is 0.927. The Morgan fingerprint density at radius 3 is 2.40 bits per heavy atom. The van der Waals surface area contributed by atoms with Crippen molar-refractivity contribution in [2.24, 2.45) is 0 Å². The van der Waals surface area contributed by atoms with Crippen molar-refractivity contribution < 1.29 is 14.3 Å². The Bertz CT molecular complexity index is 601. The Morgan fingerprint density at radius 1 is 1.16 bits per heavy atom. The molecule has 0 saturated heterocycles. The van der Waals surface area contributed by atoms with E-state index >= 15 is 0 Å². The molecular formula is C21H31NO3. The van der Waals surface area contributed by atoms with Crippen molar-refractivity contribution in [3.05, 3.63) is 29.8 Å². The molecule has 0 bridgehead atoms. The normalized spacial score (nSPS) is 15.3. The summed E-state index contributed by atoms with van der Waals surface area (Å²) in [6.07, 6.45) is 8.30. The molecule has 0 radical (unpaired) electrons. The lowest BCUT2D eigenvalue weighted by Gasteiger charge is -2.31. The molecule has 0 aliphatic heterocycles. The van der Waals surface area contributed by atoms with Crippen LogP contribution in [-0.2, 0) is 4.79 Å². The molecule has 1 fully saturated rings. The zero-order valence-electron chi connectivity index (χ0n) is 16.1. The number of methoxy groups -OCH3 is 1. The molecule has 1 aliphatic rings. The van der Waals surface area contributed by atoms with Gasteiger partial charge in [0.25, 0.3) is 0 Å². The first-order valence-electron chi connectivity index (χ1n) is 9.27. The predicted molar refractivity (Wildman–Crippen MR) is 102 cm³/mol. The molecule has 1 amide bonds. The van der Waals surface area contributed by atoms with Crippen LogP contribution in [0.25, 0.3) is 6.08 Å². The zero-order valence-corrected chi connectivity index (χ0v) is 16.1. The van der Waals surface area contributed by atoms with Gasteiger partial charge in [0.2, 0.25) is 5.91 Å². The molecule has 1 saturated carbocycles. The minimum Gasteiger partial charge on any atom is -0.493 e. The Morgan fingerprint density at radius 2 is 1.84 bits per heavy atom. The van der Waals surface area contributed by atoms with Gasteiger partial charge in [0.1, 0.15) is 0 Å². The highest BCUT2D eigenvalue weighted by Crippen LogP contribution is 2.30. The summed E-state index contributed by atoms with van der Waals surface area (Å²) in [7, 11) is 1.63. The summed E-state index contributed by atoms with van der Waals surface area (Å²) < 4.78 is 11.1. The quantitative estimate of drug-likeness (QED) is 0.674. The summed E-state index contributed by atoms with van der Waals surface area (Å²) in [6.45, 7) is 8.14. The summed E-state index contributed by atoms with van der Waals surface area (Å²) in [6, 6.07) is 6.33. The van der Waals surface area contributed by atoms with Crippen molar-refractivity contribution in [2.45, 2.75) is 71.6 Å². The number of rotatable bonds is 7. The number of carbonyl (C=O) groups excluding carboxylic acids is 1. The highest BCUT2D eigenvalue weighted by Gasteiger charge is 2.27. The predicted octanol–water partition coefficient (Wildman–Crippen LogP) is 4.68. The zero-order chi connectivity index (χ0) is 18.4. The van der Waals surface area contributed by atoms with E-state index in [2.05, 4.69) is 13.8 Å². The van der Waals surface area contributed by atoms with Gasteiger partial charge in [0, 0.05) is 18.2 Å². The van der Waals surface area contributed by atoms with Gasteiger partial charge in [-0.2, -0.15) is 0 Å². The lowest BCUT2D eigenvalue weighted by atomic mass is 10.1. The van der Waals surface area contributed by atoms with E-state index in [9.17, 15) is 4.79 Å². The van der Waals surface area contributed by atoms with Crippen LogP contribution in [0.3, 0.4) is 0 Å². The molecule has 0 unspecified atom stereocenters. The molecular weight excluding hydrogens is 314 g/mol. The first-order chi connectivity index (χ1) is 11.9. The SMILES string of the molecule is COc1cc(/C=C/C(=O)N(C(C)C)C2CCCC2)ccc1OC(C)C. The first kappa shape index (κ1) is 19.4. The Kier molecular flexibility index (Phi) is 6.91. The molecule has 138 valence electrons. The number of carbonyl (C=O) groups is 1. The fourth-order valence-corrected chi connectivity index (χ4v) is 3.43. The van der Waals surface area contributed by atoms with Crippen LogP contribution in [0.1, 0.15) is 58.9 Å². The molecule has 4 heteroatoms. The van der Waals surface area contributed by atoms with Crippen molar-refractivity contribution >= 4 is 12.0 Å². The smallest absolute Gasteiger partial charge is 0.247 e. The molecule has 1 aromatic carbocycles. The van der Waals surface area contributed by atoms with Gasteiger partial charge in [0.15, 0.2) is 11.5 Å². The van der Waals surface area contributed by atoms with Crippen molar-refractivity contribution in [1.82, 2.24) is 4.90 Å². The van der Waals surface area contributed by atoms with Crippen LogP contribution in [-0.4, -0.2) is 36.1 Å². The number of benzene rings is 1. The van der Waals surface area contributed by atoms with E-state index in [4.69, 9.17) is 9.47 Å². The summed E-state index contributed by atoms with van der Waals surface area (Å²) in [5, 5.41) is 0. The molecule has 0 spiro atoms. The summed E-state index contributed by atoms with van der Waals surface area (Å²) >= 11 is 0.